The second kappa shape index (κ2) is 4.47. The number of rotatable bonds is 2. The fourth-order valence-corrected chi connectivity index (χ4v) is 1.03. The number of amides is 2. The van der Waals surface area contributed by atoms with Gasteiger partial charge >= 0.3 is 5.69 Å². The quantitative estimate of drug-likeness (QED) is 0.601. The largest absolute Gasteiger partial charge is 0.304 e. The highest BCUT2D eigenvalue weighted by atomic mass is 19.1. The van der Waals surface area contributed by atoms with E-state index in [9.17, 15) is 24.1 Å². The lowest BCUT2D eigenvalue weighted by Crippen LogP contribution is -2.27. The highest BCUT2D eigenvalue weighted by molar-refractivity contribution is 6.04. The summed E-state index contributed by atoms with van der Waals surface area (Å²) in [7, 11) is 0. The van der Waals surface area contributed by atoms with Crippen molar-refractivity contribution in [1.82, 2.24) is 5.32 Å². The first-order valence-electron chi connectivity index (χ1n) is 4.17. The van der Waals surface area contributed by atoms with Crippen LogP contribution < -0.4 is 5.32 Å². The molecule has 0 saturated carbocycles. The third-order valence-corrected chi connectivity index (χ3v) is 1.70. The summed E-state index contributed by atoms with van der Waals surface area (Å²) >= 11 is 0. The minimum atomic E-state index is -1.12. The number of hydrogen-bond donors (Lipinski definition) is 1. The number of nitro groups is 1. The number of nitrogens with one attached hydrogen (secondary N) is 1. The topological polar surface area (TPSA) is 89.3 Å². The molecule has 0 aliphatic heterocycles. The summed E-state index contributed by atoms with van der Waals surface area (Å²) < 4.78 is 13.1. The van der Waals surface area contributed by atoms with Gasteiger partial charge in [-0.3, -0.25) is 25.0 Å². The van der Waals surface area contributed by atoms with Crippen LogP contribution in [0.1, 0.15) is 17.3 Å². The predicted molar refractivity (Wildman–Crippen MR) is 51.2 cm³/mol. The van der Waals surface area contributed by atoms with E-state index in [4.69, 9.17) is 0 Å². The monoisotopic (exact) mass is 226 g/mol. The maximum absolute atomic E-state index is 13.1. The summed E-state index contributed by atoms with van der Waals surface area (Å²) in [5, 5.41) is 12.2. The molecule has 0 aliphatic rings. The van der Waals surface area contributed by atoms with Crippen LogP contribution in [-0.4, -0.2) is 16.7 Å². The predicted octanol–water partition coefficient (Wildman–Crippen LogP) is 1.01. The molecule has 0 fully saturated rings. The smallest absolute Gasteiger partial charge is 0.293 e. The Labute approximate surface area is 89.2 Å². The van der Waals surface area contributed by atoms with Crippen LogP contribution in [0.5, 0.6) is 0 Å². The zero-order valence-electron chi connectivity index (χ0n) is 8.19. The van der Waals surface area contributed by atoms with Gasteiger partial charge < -0.3 is 0 Å². The lowest BCUT2D eigenvalue weighted by atomic mass is 10.2. The molecule has 16 heavy (non-hydrogen) atoms. The number of imide groups is 1. The summed E-state index contributed by atoms with van der Waals surface area (Å²) in [6.07, 6.45) is 0. The van der Waals surface area contributed by atoms with Crippen molar-refractivity contribution in [3.8, 4) is 0 Å². The van der Waals surface area contributed by atoms with Crippen molar-refractivity contribution in [3.63, 3.8) is 0 Å². The molecule has 7 heteroatoms. The number of carbonyl (C=O) groups excluding carboxylic acids is 2. The average molecular weight is 226 g/mol. The van der Waals surface area contributed by atoms with Crippen LogP contribution in [0, 0.1) is 15.9 Å². The van der Waals surface area contributed by atoms with Crippen molar-refractivity contribution in [2.24, 2.45) is 0 Å². The number of nitrogens with zero attached hydrogens (tertiary/aromatic N) is 1. The first-order valence-corrected chi connectivity index (χ1v) is 4.17. The number of halogens is 1. The molecular weight excluding hydrogens is 219 g/mol. The SMILES string of the molecule is CC(=O)NC(=O)c1ccc([N+](=O)[O-])c(F)c1. The number of carbonyl (C=O) groups is 2. The molecule has 0 aromatic heterocycles. The summed E-state index contributed by atoms with van der Waals surface area (Å²) in [6.45, 7) is 1.12. The zero-order valence-corrected chi connectivity index (χ0v) is 8.19. The highest BCUT2D eigenvalue weighted by Gasteiger charge is 2.16. The minimum Gasteiger partial charge on any atom is -0.293 e. The van der Waals surface area contributed by atoms with Gasteiger partial charge in [-0.25, -0.2) is 0 Å². The van der Waals surface area contributed by atoms with Crippen molar-refractivity contribution >= 4 is 17.5 Å². The number of nitro benzene ring substituents is 1. The molecule has 84 valence electrons. The van der Waals surface area contributed by atoms with Crippen LogP contribution in [0.3, 0.4) is 0 Å². The molecular formula is C9H7FN2O4. The Hall–Kier alpha value is -2.31. The van der Waals surface area contributed by atoms with Gasteiger partial charge in [-0.2, -0.15) is 4.39 Å². The number of hydrogen-bond acceptors (Lipinski definition) is 4. The summed E-state index contributed by atoms with van der Waals surface area (Å²) in [5.41, 5.74) is -0.877. The van der Waals surface area contributed by atoms with Crippen molar-refractivity contribution < 1.29 is 18.9 Å². The maximum atomic E-state index is 13.1. The Balaban J connectivity index is 3.01. The molecule has 1 rings (SSSR count). The molecule has 2 amide bonds. The molecule has 1 N–H and O–H groups in total. The van der Waals surface area contributed by atoms with Gasteiger partial charge in [0.25, 0.3) is 5.91 Å². The molecule has 1 aromatic carbocycles. The van der Waals surface area contributed by atoms with E-state index in [0.29, 0.717) is 6.07 Å². The summed E-state index contributed by atoms with van der Waals surface area (Å²) in [4.78, 5) is 31.2. The van der Waals surface area contributed by atoms with Gasteiger partial charge in [0.1, 0.15) is 0 Å². The zero-order chi connectivity index (χ0) is 12.3. The van der Waals surface area contributed by atoms with Gasteiger partial charge in [-0.05, 0) is 12.1 Å². The van der Waals surface area contributed by atoms with E-state index in [1.807, 2.05) is 5.32 Å². The van der Waals surface area contributed by atoms with Crippen LogP contribution in [0.25, 0.3) is 0 Å². The third kappa shape index (κ3) is 2.59. The van der Waals surface area contributed by atoms with Gasteiger partial charge in [0.15, 0.2) is 0 Å². The van der Waals surface area contributed by atoms with Crippen molar-refractivity contribution in [2.45, 2.75) is 6.92 Å². The summed E-state index contributed by atoms with van der Waals surface area (Å²) in [5.74, 6) is -2.52. The Morgan fingerprint density at radius 3 is 2.50 bits per heavy atom. The van der Waals surface area contributed by atoms with Crippen molar-refractivity contribution in [1.29, 1.82) is 0 Å². The highest BCUT2D eigenvalue weighted by Crippen LogP contribution is 2.17. The van der Waals surface area contributed by atoms with E-state index in [1.165, 1.54) is 0 Å². The van der Waals surface area contributed by atoms with Crippen molar-refractivity contribution in [3.05, 3.63) is 39.7 Å². The van der Waals surface area contributed by atoms with Crippen LogP contribution in [-0.2, 0) is 4.79 Å². The Morgan fingerprint density at radius 2 is 2.06 bits per heavy atom. The summed E-state index contributed by atoms with van der Waals surface area (Å²) in [6, 6.07) is 2.64. The first kappa shape index (κ1) is 11.8. The molecule has 0 unspecified atom stereocenters. The molecule has 0 saturated heterocycles. The van der Waals surface area contributed by atoms with Gasteiger partial charge in [0.05, 0.1) is 4.92 Å². The standard InChI is InChI=1S/C9H7FN2O4/c1-5(13)11-9(14)6-2-3-8(12(15)16)7(10)4-6/h2-4H,1H3,(H,11,13,14). The molecule has 6 nitrogen and oxygen atoms in total. The van der Waals surface area contributed by atoms with Crippen LogP contribution in [0.2, 0.25) is 0 Å². The maximum Gasteiger partial charge on any atom is 0.304 e. The first-order chi connectivity index (χ1) is 7.41. The van der Waals surface area contributed by atoms with Crippen LogP contribution in [0.4, 0.5) is 10.1 Å². The number of benzene rings is 1. The molecule has 0 aliphatic carbocycles. The molecule has 0 heterocycles. The van der Waals surface area contributed by atoms with Gasteiger partial charge in [0.2, 0.25) is 11.7 Å². The Bertz CT molecular complexity index is 473. The van der Waals surface area contributed by atoms with E-state index in [0.717, 1.165) is 19.1 Å². The molecule has 0 spiro atoms. The second-order valence-electron chi connectivity index (χ2n) is 2.93. The molecule has 0 radical (unpaired) electrons. The van der Waals surface area contributed by atoms with Gasteiger partial charge in [-0.1, -0.05) is 0 Å². The van der Waals surface area contributed by atoms with E-state index in [2.05, 4.69) is 0 Å². The van der Waals surface area contributed by atoms with Gasteiger partial charge in [0, 0.05) is 18.6 Å². The van der Waals surface area contributed by atoms with E-state index in [1.54, 1.807) is 0 Å². The molecule has 0 bridgehead atoms. The lowest BCUT2D eigenvalue weighted by molar-refractivity contribution is -0.387. The van der Waals surface area contributed by atoms with Crippen molar-refractivity contribution in [2.75, 3.05) is 0 Å². The molecule has 0 atom stereocenters. The fraction of sp³-hybridized carbons (Fsp3) is 0.111. The second-order valence-corrected chi connectivity index (χ2v) is 2.93. The minimum absolute atomic E-state index is 0.154. The van der Waals surface area contributed by atoms with Crippen LogP contribution >= 0.6 is 0 Å². The average Bonchev–Trinajstić information content (AvgIpc) is 2.15. The Kier molecular flexibility index (Phi) is 3.29. The Morgan fingerprint density at radius 1 is 1.44 bits per heavy atom. The third-order valence-electron chi connectivity index (χ3n) is 1.70. The van der Waals surface area contributed by atoms with E-state index in [-0.39, 0.29) is 5.56 Å². The van der Waals surface area contributed by atoms with E-state index >= 15 is 0 Å². The normalized spacial score (nSPS) is 9.62. The lowest BCUT2D eigenvalue weighted by Gasteiger charge is -2.01. The van der Waals surface area contributed by atoms with E-state index < -0.39 is 28.2 Å². The fourth-order valence-electron chi connectivity index (χ4n) is 1.03. The van der Waals surface area contributed by atoms with Crippen LogP contribution in [0.15, 0.2) is 18.2 Å². The molecule has 1 aromatic rings. The van der Waals surface area contributed by atoms with Gasteiger partial charge in [-0.15, -0.1) is 0 Å².